The first-order valence-electron chi connectivity index (χ1n) is 8.74. The SMILES string of the molecule is Cc1cccc(Cn2cccc(C(=O)N3CC(C)NC(C)C3)c2=O)c1. The van der Waals surface area contributed by atoms with Crippen molar-refractivity contribution in [3.05, 3.63) is 69.6 Å². The van der Waals surface area contributed by atoms with Gasteiger partial charge in [-0.3, -0.25) is 9.59 Å². The Hall–Kier alpha value is -2.40. The van der Waals surface area contributed by atoms with Crippen molar-refractivity contribution in [2.45, 2.75) is 39.4 Å². The number of nitrogens with zero attached hydrogens (tertiary/aromatic N) is 2. The predicted molar refractivity (Wildman–Crippen MR) is 98.9 cm³/mol. The van der Waals surface area contributed by atoms with Crippen molar-refractivity contribution in [3.63, 3.8) is 0 Å². The van der Waals surface area contributed by atoms with Gasteiger partial charge in [0.25, 0.3) is 11.5 Å². The highest BCUT2D eigenvalue weighted by atomic mass is 16.2. The lowest BCUT2D eigenvalue weighted by Crippen LogP contribution is -2.56. The Kier molecular flexibility index (Phi) is 5.04. The second-order valence-corrected chi connectivity index (χ2v) is 7.02. The Morgan fingerprint density at radius 1 is 1.16 bits per heavy atom. The third-order valence-electron chi connectivity index (χ3n) is 4.53. The lowest BCUT2D eigenvalue weighted by atomic mass is 10.1. The van der Waals surface area contributed by atoms with Crippen molar-refractivity contribution in [3.8, 4) is 0 Å². The summed E-state index contributed by atoms with van der Waals surface area (Å²) in [6.45, 7) is 7.84. The molecule has 1 aliphatic rings. The normalized spacial score (nSPS) is 20.5. The molecule has 0 spiro atoms. The van der Waals surface area contributed by atoms with Crippen LogP contribution in [0.15, 0.2) is 47.4 Å². The molecule has 0 aliphatic carbocycles. The van der Waals surface area contributed by atoms with Crippen molar-refractivity contribution in [2.75, 3.05) is 13.1 Å². The molecular formula is C20H25N3O2. The van der Waals surface area contributed by atoms with Gasteiger partial charge >= 0.3 is 0 Å². The van der Waals surface area contributed by atoms with Gasteiger partial charge in [-0.05, 0) is 38.5 Å². The minimum atomic E-state index is -0.229. The number of benzene rings is 1. The van der Waals surface area contributed by atoms with Gasteiger partial charge in [0.05, 0.1) is 6.54 Å². The van der Waals surface area contributed by atoms with E-state index in [9.17, 15) is 9.59 Å². The van der Waals surface area contributed by atoms with Gasteiger partial charge in [0.15, 0.2) is 0 Å². The van der Waals surface area contributed by atoms with Crippen molar-refractivity contribution in [1.82, 2.24) is 14.8 Å². The van der Waals surface area contributed by atoms with Crippen LogP contribution in [0.25, 0.3) is 0 Å². The molecule has 1 N–H and O–H groups in total. The van der Waals surface area contributed by atoms with Gasteiger partial charge in [0.1, 0.15) is 5.56 Å². The average Bonchev–Trinajstić information content (AvgIpc) is 2.55. The third-order valence-corrected chi connectivity index (χ3v) is 4.53. The Labute approximate surface area is 148 Å². The summed E-state index contributed by atoms with van der Waals surface area (Å²) in [6.07, 6.45) is 1.74. The van der Waals surface area contributed by atoms with E-state index in [4.69, 9.17) is 0 Å². The third kappa shape index (κ3) is 3.99. The first kappa shape index (κ1) is 17.4. The van der Waals surface area contributed by atoms with E-state index in [1.807, 2.05) is 25.1 Å². The molecule has 1 saturated heterocycles. The number of rotatable bonds is 3. The first-order valence-corrected chi connectivity index (χ1v) is 8.74. The van der Waals surface area contributed by atoms with E-state index in [-0.39, 0.29) is 29.1 Å². The van der Waals surface area contributed by atoms with Crippen molar-refractivity contribution >= 4 is 5.91 Å². The minimum absolute atomic E-state index is 0.177. The molecule has 1 aromatic carbocycles. The highest BCUT2D eigenvalue weighted by Gasteiger charge is 2.27. The molecule has 1 aromatic heterocycles. The quantitative estimate of drug-likeness (QED) is 0.931. The smallest absolute Gasteiger partial charge is 0.263 e. The lowest BCUT2D eigenvalue weighted by molar-refractivity contribution is 0.0671. The molecule has 0 radical (unpaired) electrons. The van der Waals surface area contributed by atoms with E-state index in [2.05, 4.69) is 25.2 Å². The van der Waals surface area contributed by atoms with Crippen molar-refractivity contribution in [1.29, 1.82) is 0 Å². The van der Waals surface area contributed by atoms with E-state index in [0.717, 1.165) is 11.1 Å². The summed E-state index contributed by atoms with van der Waals surface area (Å²) in [5.74, 6) is -0.177. The molecule has 1 aliphatic heterocycles. The van der Waals surface area contributed by atoms with Crippen LogP contribution >= 0.6 is 0 Å². The van der Waals surface area contributed by atoms with E-state index >= 15 is 0 Å². The highest BCUT2D eigenvalue weighted by Crippen LogP contribution is 2.09. The minimum Gasteiger partial charge on any atom is -0.335 e. The number of carbonyl (C=O) groups is 1. The molecule has 5 heteroatoms. The van der Waals surface area contributed by atoms with Crippen LogP contribution in [0.5, 0.6) is 0 Å². The average molecular weight is 339 g/mol. The standard InChI is InChI=1S/C20H25N3O2/c1-14-6-4-7-17(10-14)13-22-9-5-8-18(19(22)24)20(25)23-11-15(2)21-16(3)12-23/h4-10,15-16,21H,11-13H2,1-3H3. The summed E-state index contributed by atoms with van der Waals surface area (Å²) in [4.78, 5) is 27.4. The van der Waals surface area contributed by atoms with Gasteiger partial charge in [-0.25, -0.2) is 0 Å². The van der Waals surface area contributed by atoms with E-state index in [0.29, 0.717) is 19.6 Å². The molecule has 2 unspecified atom stereocenters. The monoisotopic (exact) mass is 339 g/mol. The Morgan fingerprint density at radius 2 is 1.88 bits per heavy atom. The molecule has 2 atom stereocenters. The molecule has 3 rings (SSSR count). The Balaban J connectivity index is 1.85. The van der Waals surface area contributed by atoms with E-state index < -0.39 is 0 Å². The van der Waals surface area contributed by atoms with Crippen LogP contribution in [0.2, 0.25) is 0 Å². The maximum Gasteiger partial charge on any atom is 0.263 e. The fourth-order valence-electron chi connectivity index (χ4n) is 3.49. The zero-order valence-electron chi connectivity index (χ0n) is 15.0. The molecule has 0 bridgehead atoms. The fraction of sp³-hybridized carbons (Fsp3) is 0.400. The van der Waals surface area contributed by atoms with Gasteiger partial charge in [-0.2, -0.15) is 0 Å². The van der Waals surface area contributed by atoms with Crippen LogP contribution in [0, 0.1) is 6.92 Å². The molecule has 1 amide bonds. The van der Waals surface area contributed by atoms with Crippen molar-refractivity contribution in [2.24, 2.45) is 0 Å². The molecule has 5 nitrogen and oxygen atoms in total. The number of amides is 1. The second-order valence-electron chi connectivity index (χ2n) is 7.02. The Morgan fingerprint density at radius 3 is 2.56 bits per heavy atom. The molecule has 2 heterocycles. The molecule has 2 aromatic rings. The van der Waals surface area contributed by atoms with Gasteiger partial charge in [0.2, 0.25) is 0 Å². The summed E-state index contributed by atoms with van der Waals surface area (Å²) >= 11 is 0. The van der Waals surface area contributed by atoms with E-state index in [1.165, 1.54) is 0 Å². The first-order chi connectivity index (χ1) is 11.9. The van der Waals surface area contributed by atoms with Gasteiger partial charge in [-0.1, -0.05) is 29.8 Å². The second kappa shape index (κ2) is 7.23. The largest absolute Gasteiger partial charge is 0.335 e. The van der Waals surface area contributed by atoms with Crippen molar-refractivity contribution < 1.29 is 4.79 Å². The molecular weight excluding hydrogens is 314 g/mol. The van der Waals surface area contributed by atoms with Crippen LogP contribution in [0.1, 0.15) is 35.3 Å². The van der Waals surface area contributed by atoms with Crippen LogP contribution in [0.3, 0.4) is 0 Å². The summed E-state index contributed by atoms with van der Waals surface area (Å²) in [5.41, 5.74) is 2.22. The summed E-state index contributed by atoms with van der Waals surface area (Å²) in [6, 6.07) is 11.9. The maximum absolute atomic E-state index is 12.9. The number of aryl methyl sites for hydroxylation is 1. The number of carbonyl (C=O) groups excluding carboxylic acids is 1. The van der Waals surface area contributed by atoms with Crippen LogP contribution in [-0.2, 0) is 6.54 Å². The lowest BCUT2D eigenvalue weighted by Gasteiger charge is -2.36. The summed E-state index contributed by atoms with van der Waals surface area (Å²) in [7, 11) is 0. The van der Waals surface area contributed by atoms with Crippen LogP contribution in [-0.4, -0.2) is 40.5 Å². The molecule has 132 valence electrons. The number of piperazine rings is 1. The number of pyridine rings is 1. The summed E-state index contributed by atoms with van der Waals surface area (Å²) in [5, 5.41) is 3.40. The van der Waals surface area contributed by atoms with Gasteiger partial charge < -0.3 is 14.8 Å². The topological polar surface area (TPSA) is 54.3 Å². The molecule has 1 fully saturated rings. The number of hydrogen-bond donors (Lipinski definition) is 1. The predicted octanol–water partition coefficient (Wildman–Crippen LogP) is 2.03. The van der Waals surface area contributed by atoms with E-state index in [1.54, 1.807) is 27.8 Å². The highest BCUT2D eigenvalue weighted by molar-refractivity contribution is 5.94. The fourth-order valence-corrected chi connectivity index (χ4v) is 3.49. The summed E-state index contributed by atoms with van der Waals surface area (Å²) < 4.78 is 1.61. The molecule has 0 saturated carbocycles. The van der Waals surface area contributed by atoms with Crippen LogP contribution < -0.4 is 10.9 Å². The maximum atomic E-state index is 12.9. The Bertz CT molecular complexity index is 818. The van der Waals surface area contributed by atoms with Gasteiger partial charge in [-0.15, -0.1) is 0 Å². The molecule has 25 heavy (non-hydrogen) atoms. The number of nitrogens with one attached hydrogen (secondary N) is 1. The number of aromatic nitrogens is 1. The number of hydrogen-bond acceptors (Lipinski definition) is 3. The van der Waals surface area contributed by atoms with Crippen LogP contribution in [0.4, 0.5) is 0 Å². The zero-order valence-corrected chi connectivity index (χ0v) is 15.0. The zero-order chi connectivity index (χ0) is 18.0. The van der Waals surface area contributed by atoms with Gasteiger partial charge in [0, 0.05) is 31.4 Å².